The van der Waals surface area contributed by atoms with Crippen molar-refractivity contribution in [2.45, 2.75) is 13.8 Å². The first-order chi connectivity index (χ1) is 19.7. The maximum absolute atomic E-state index is 4.48. The smallest absolute Gasteiger partial charge is 0.0373 e. The second kappa shape index (κ2) is 9.91. The summed E-state index contributed by atoms with van der Waals surface area (Å²) in [5.41, 5.74) is 11.9. The van der Waals surface area contributed by atoms with E-state index in [0.29, 0.717) is 0 Å². The Kier molecular flexibility index (Phi) is 5.94. The number of nitrogens with zero attached hydrogens (tertiary/aromatic N) is 2. The highest BCUT2D eigenvalue weighted by atomic mass is 14.7. The standard InChI is InChI=1S/C38H28N2/c1-25-23-39-22-21-32(25)28-15-19-30(20-16-28)38-35-9-5-3-7-33(35)37(34-8-4-6-10-36(34)38)29-17-13-27(14-18-29)31-12-11-26(2)40-24-31/h3-24H,1-2H3. The zero-order chi connectivity index (χ0) is 27.1. The fourth-order valence-corrected chi connectivity index (χ4v) is 5.83. The van der Waals surface area contributed by atoms with Crippen molar-refractivity contribution < 1.29 is 0 Å². The van der Waals surface area contributed by atoms with Crippen LogP contribution < -0.4 is 0 Å². The molecule has 40 heavy (non-hydrogen) atoms. The normalized spacial score (nSPS) is 11.2. The molecule has 0 aliphatic heterocycles. The van der Waals surface area contributed by atoms with Gasteiger partial charge in [0.25, 0.3) is 0 Å². The summed E-state index contributed by atoms with van der Waals surface area (Å²) >= 11 is 0. The summed E-state index contributed by atoms with van der Waals surface area (Å²) in [7, 11) is 0. The Morgan fingerprint density at radius 3 is 1.38 bits per heavy atom. The lowest BCUT2D eigenvalue weighted by molar-refractivity contribution is 1.20. The van der Waals surface area contributed by atoms with Gasteiger partial charge in [-0.05, 0) is 92.0 Å². The van der Waals surface area contributed by atoms with Crippen molar-refractivity contribution in [2.24, 2.45) is 0 Å². The van der Waals surface area contributed by atoms with Crippen LogP contribution in [0.4, 0.5) is 0 Å². The minimum absolute atomic E-state index is 1.03. The highest BCUT2D eigenvalue weighted by Gasteiger charge is 2.16. The van der Waals surface area contributed by atoms with Gasteiger partial charge < -0.3 is 0 Å². The van der Waals surface area contributed by atoms with Crippen LogP contribution in [-0.4, -0.2) is 9.97 Å². The average Bonchev–Trinajstić information content (AvgIpc) is 3.01. The summed E-state index contributed by atoms with van der Waals surface area (Å²) in [6.45, 7) is 4.13. The molecule has 0 bridgehead atoms. The molecule has 0 spiro atoms. The molecule has 0 radical (unpaired) electrons. The lowest BCUT2D eigenvalue weighted by Crippen LogP contribution is -1.91. The van der Waals surface area contributed by atoms with E-state index in [9.17, 15) is 0 Å². The number of hydrogen-bond acceptors (Lipinski definition) is 2. The summed E-state index contributed by atoms with van der Waals surface area (Å²) in [6.07, 6.45) is 5.73. The minimum atomic E-state index is 1.03. The predicted molar refractivity (Wildman–Crippen MR) is 168 cm³/mol. The van der Waals surface area contributed by atoms with E-state index in [1.165, 1.54) is 66.1 Å². The van der Waals surface area contributed by atoms with Gasteiger partial charge in [0.05, 0.1) is 0 Å². The number of aromatic nitrogens is 2. The Labute approximate surface area is 234 Å². The number of fused-ring (bicyclic) bond motifs is 2. The van der Waals surface area contributed by atoms with Crippen molar-refractivity contribution in [2.75, 3.05) is 0 Å². The molecule has 7 rings (SSSR count). The molecule has 0 aliphatic rings. The van der Waals surface area contributed by atoms with Crippen LogP contribution in [0.25, 0.3) is 66.1 Å². The molecule has 0 unspecified atom stereocenters. The summed E-state index contributed by atoms with van der Waals surface area (Å²) in [5.74, 6) is 0. The van der Waals surface area contributed by atoms with Crippen LogP contribution in [0.2, 0.25) is 0 Å². The fraction of sp³-hybridized carbons (Fsp3) is 0.0526. The second-order valence-corrected chi connectivity index (χ2v) is 10.4. The molecule has 0 fully saturated rings. The highest BCUT2D eigenvalue weighted by molar-refractivity contribution is 6.21. The van der Waals surface area contributed by atoms with Crippen molar-refractivity contribution in [1.82, 2.24) is 9.97 Å². The minimum Gasteiger partial charge on any atom is -0.264 e. The molecule has 2 nitrogen and oxygen atoms in total. The number of pyridine rings is 2. The molecule has 7 aromatic rings. The zero-order valence-electron chi connectivity index (χ0n) is 22.6. The molecule has 5 aromatic carbocycles. The first-order valence-electron chi connectivity index (χ1n) is 13.7. The highest BCUT2D eigenvalue weighted by Crippen LogP contribution is 2.44. The second-order valence-electron chi connectivity index (χ2n) is 10.4. The van der Waals surface area contributed by atoms with Gasteiger partial charge in [-0.1, -0.05) is 103 Å². The van der Waals surface area contributed by atoms with Crippen LogP contribution in [0.5, 0.6) is 0 Å². The third-order valence-corrected chi connectivity index (χ3v) is 7.85. The molecule has 2 aromatic heterocycles. The van der Waals surface area contributed by atoms with Gasteiger partial charge >= 0.3 is 0 Å². The number of benzene rings is 5. The average molecular weight is 513 g/mol. The van der Waals surface area contributed by atoms with Gasteiger partial charge in [-0.3, -0.25) is 9.97 Å². The lowest BCUT2D eigenvalue weighted by atomic mass is 9.85. The third-order valence-electron chi connectivity index (χ3n) is 7.85. The van der Waals surface area contributed by atoms with Crippen molar-refractivity contribution in [3.8, 4) is 44.5 Å². The monoisotopic (exact) mass is 512 g/mol. The Morgan fingerprint density at radius 2 is 0.900 bits per heavy atom. The van der Waals surface area contributed by atoms with Crippen LogP contribution >= 0.6 is 0 Å². The van der Waals surface area contributed by atoms with Crippen LogP contribution in [0.15, 0.2) is 134 Å². The largest absolute Gasteiger partial charge is 0.264 e. The third kappa shape index (κ3) is 4.15. The van der Waals surface area contributed by atoms with E-state index in [1.54, 1.807) is 0 Å². The maximum atomic E-state index is 4.48. The van der Waals surface area contributed by atoms with Crippen LogP contribution in [-0.2, 0) is 0 Å². The first kappa shape index (κ1) is 24.0. The number of aryl methyl sites for hydroxylation is 2. The van der Waals surface area contributed by atoms with Gasteiger partial charge in [0, 0.05) is 29.8 Å². The van der Waals surface area contributed by atoms with E-state index >= 15 is 0 Å². The quantitative estimate of drug-likeness (QED) is 0.219. The zero-order valence-corrected chi connectivity index (χ0v) is 22.6. The Hall–Kier alpha value is -5.08. The van der Waals surface area contributed by atoms with E-state index < -0.39 is 0 Å². The fourth-order valence-electron chi connectivity index (χ4n) is 5.83. The SMILES string of the molecule is Cc1ccc(-c2ccc(-c3c4ccccc4c(-c4ccc(-c5ccncc5C)cc4)c4ccccc34)cc2)cn1. The predicted octanol–water partition coefficient (Wildman–Crippen LogP) is 10.1. The molecular formula is C38H28N2. The van der Waals surface area contributed by atoms with Gasteiger partial charge in [-0.2, -0.15) is 0 Å². The van der Waals surface area contributed by atoms with Crippen molar-refractivity contribution in [3.05, 3.63) is 145 Å². The molecule has 0 aliphatic carbocycles. The Bertz CT molecular complexity index is 1930. The Morgan fingerprint density at radius 1 is 0.425 bits per heavy atom. The summed E-state index contributed by atoms with van der Waals surface area (Å²) in [5, 5.41) is 5.04. The van der Waals surface area contributed by atoms with Crippen molar-refractivity contribution >= 4 is 21.5 Å². The van der Waals surface area contributed by atoms with E-state index in [4.69, 9.17) is 0 Å². The van der Waals surface area contributed by atoms with Crippen LogP contribution in [0.1, 0.15) is 11.3 Å². The molecule has 2 heteroatoms. The summed E-state index contributed by atoms with van der Waals surface area (Å²) < 4.78 is 0. The van der Waals surface area contributed by atoms with Crippen molar-refractivity contribution in [1.29, 1.82) is 0 Å². The van der Waals surface area contributed by atoms with Gasteiger partial charge in [-0.15, -0.1) is 0 Å². The topological polar surface area (TPSA) is 25.8 Å². The van der Waals surface area contributed by atoms with Gasteiger partial charge in [0.15, 0.2) is 0 Å². The number of rotatable bonds is 4. The van der Waals surface area contributed by atoms with Crippen LogP contribution in [0.3, 0.4) is 0 Å². The van der Waals surface area contributed by atoms with E-state index in [1.807, 2.05) is 25.5 Å². The molecule has 0 atom stereocenters. The summed E-state index contributed by atoms with van der Waals surface area (Å²) in [4.78, 5) is 8.74. The van der Waals surface area contributed by atoms with Crippen molar-refractivity contribution in [3.63, 3.8) is 0 Å². The van der Waals surface area contributed by atoms with Gasteiger partial charge in [0.1, 0.15) is 0 Å². The lowest BCUT2D eigenvalue weighted by Gasteiger charge is -2.18. The first-order valence-corrected chi connectivity index (χ1v) is 13.7. The van der Waals surface area contributed by atoms with E-state index in [-0.39, 0.29) is 0 Å². The molecule has 0 saturated heterocycles. The van der Waals surface area contributed by atoms with E-state index in [0.717, 1.165) is 11.3 Å². The van der Waals surface area contributed by atoms with E-state index in [2.05, 4.69) is 132 Å². The van der Waals surface area contributed by atoms with Gasteiger partial charge in [-0.25, -0.2) is 0 Å². The van der Waals surface area contributed by atoms with Crippen LogP contribution in [0, 0.1) is 13.8 Å². The maximum Gasteiger partial charge on any atom is 0.0373 e. The molecular weight excluding hydrogens is 484 g/mol. The molecule has 0 N–H and O–H groups in total. The summed E-state index contributed by atoms with van der Waals surface area (Å²) in [6, 6.07) is 41.8. The van der Waals surface area contributed by atoms with Gasteiger partial charge in [0.2, 0.25) is 0 Å². The molecule has 0 amide bonds. The Balaban J connectivity index is 1.40. The molecule has 190 valence electrons. The number of hydrogen-bond donors (Lipinski definition) is 0. The molecule has 2 heterocycles. The molecule has 0 saturated carbocycles.